The van der Waals surface area contributed by atoms with Crippen LogP contribution in [0.15, 0.2) is 22.7 Å². The number of halogens is 1. The van der Waals surface area contributed by atoms with Gasteiger partial charge in [-0.1, -0.05) is 22.0 Å². The lowest BCUT2D eigenvalue weighted by molar-refractivity contribution is -0.104. The van der Waals surface area contributed by atoms with Crippen molar-refractivity contribution in [2.45, 2.75) is 6.92 Å². The molecular weight excluding hydrogens is 168 g/mol. The van der Waals surface area contributed by atoms with E-state index in [4.69, 9.17) is 0 Å². The van der Waals surface area contributed by atoms with Crippen molar-refractivity contribution in [2.75, 3.05) is 0 Å². The van der Waals surface area contributed by atoms with Crippen LogP contribution < -0.4 is 0 Å². The zero-order valence-corrected chi connectivity index (χ0v) is 6.18. The molecule has 0 aromatic carbocycles. The number of aldehydes is 1. The van der Waals surface area contributed by atoms with Gasteiger partial charge in [0.25, 0.3) is 0 Å². The van der Waals surface area contributed by atoms with E-state index in [1.54, 1.807) is 11.1 Å². The van der Waals surface area contributed by atoms with Gasteiger partial charge in [0.1, 0.15) is 6.29 Å². The van der Waals surface area contributed by atoms with Crippen LogP contribution in [0.2, 0.25) is 0 Å². The monoisotopic (exact) mass is 174 g/mol. The molecule has 0 bridgehead atoms. The van der Waals surface area contributed by atoms with Crippen LogP contribution in [-0.4, -0.2) is 6.29 Å². The summed E-state index contributed by atoms with van der Waals surface area (Å²) >= 11 is 3.12. The van der Waals surface area contributed by atoms with E-state index in [9.17, 15) is 4.79 Å². The molecule has 0 heterocycles. The minimum absolute atomic E-state index is 0.750. The van der Waals surface area contributed by atoms with E-state index in [0.717, 1.165) is 11.9 Å². The second-order valence-corrected chi connectivity index (χ2v) is 1.81. The average molecular weight is 175 g/mol. The van der Waals surface area contributed by atoms with Crippen LogP contribution in [0.5, 0.6) is 0 Å². The molecule has 0 saturated carbocycles. The molecule has 0 rings (SSSR count). The van der Waals surface area contributed by atoms with E-state index >= 15 is 0 Å². The van der Waals surface area contributed by atoms with Gasteiger partial charge < -0.3 is 0 Å². The summed E-state index contributed by atoms with van der Waals surface area (Å²) in [5.41, 5.74) is 1.03. The van der Waals surface area contributed by atoms with Crippen LogP contribution in [-0.2, 0) is 4.79 Å². The normalized spacial score (nSPS) is 12.5. The van der Waals surface area contributed by atoms with Gasteiger partial charge in [-0.25, -0.2) is 0 Å². The second-order valence-electron chi connectivity index (χ2n) is 1.35. The lowest BCUT2D eigenvalue weighted by Gasteiger charge is -1.79. The van der Waals surface area contributed by atoms with Crippen molar-refractivity contribution >= 4 is 22.2 Å². The van der Waals surface area contributed by atoms with Gasteiger partial charge in [0.15, 0.2) is 0 Å². The maximum absolute atomic E-state index is 9.70. The highest BCUT2D eigenvalue weighted by Gasteiger charge is 1.73. The molecule has 0 unspecified atom stereocenters. The quantitative estimate of drug-likeness (QED) is 0.356. The second kappa shape index (κ2) is 4.78. The van der Waals surface area contributed by atoms with Crippen molar-refractivity contribution in [1.29, 1.82) is 0 Å². The van der Waals surface area contributed by atoms with Gasteiger partial charge in [-0.15, -0.1) is 0 Å². The van der Waals surface area contributed by atoms with E-state index < -0.39 is 0 Å². The van der Waals surface area contributed by atoms with E-state index in [1.807, 2.05) is 6.92 Å². The van der Waals surface area contributed by atoms with Crippen molar-refractivity contribution in [2.24, 2.45) is 0 Å². The van der Waals surface area contributed by atoms with Crippen LogP contribution in [0, 0.1) is 0 Å². The van der Waals surface area contributed by atoms with Gasteiger partial charge in [-0.2, -0.15) is 0 Å². The molecule has 0 radical (unpaired) electrons. The molecule has 8 heavy (non-hydrogen) atoms. The predicted octanol–water partition coefficient (Wildman–Crippen LogP) is 2.04. The molecule has 0 aliphatic rings. The van der Waals surface area contributed by atoms with Crippen LogP contribution >= 0.6 is 15.9 Å². The summed E-state index contributed by atoms with van der Waals surface area (Å²) in [6.07, 6.45) is 3.93. The lowest BCUT2D eigenvalue weighted by Crippen LogP contribution is -1.63. The van der Waals surface area contributed by atoms with Gasteiger partial charge in [0, 0.05) is 0 Å². The van der Waals surface area contributed by atoms with Gasteiger partial charge >= 0.3 is 0 Å². The first kappa shape index (κ1) is 7.63. The topological polar surface area (TPSA) is 17.1 Å². The maximum atomic E-state index is 9.70. The Morgan fingerprint density at radius 1 is 1.62 bits per heavy atom. The Morgan fingerprint density at radius 2 is 2.25 bits per heavy atom. The number of hydrogen-bond donors (Lipinski definition) is 0. The standard InChI is InChI=1S/C6H7BrO/c1-6(5-7)3-2-4-8/h2-5H,1H3/b3-2+,6-5+. The van der Waals surface area contributed by atoms with Crippen molar-refractivity contribution in [3.8, 4) is 0 Å². The molecule has 0 spiro atoms. The molecule has 2 heteroatoms. The summed E-state index contributed by atoms with van der Waals surface area (Å²) in [7, 11) is 0. The average Bonchev–Trinajstić information content (AvgIpc) is 1.83. The Labute approximate surface area is 57.2 Å². The highest BCUT2D eigenvalue weighted by Crippen LogP contribution is 1.96. The molecular formula is C6H7BrO. The smallest absolute Gasteiger partial charge is 0.142 e. The van der Waals surface area contributed by atoms with Crippen LogP contribution in [0.3, 0.4) is 0 Å². The molecule has 0 aromatic heterocycles. The largest absolute Gasteiger partial charge is 0.299 e. The molecule has 0 aromatic rings. The Balaban J connectivity index is 3.69. The number of carbonyl (C=O) groups is 1. The van der Waals surface area contributed by atoms with Crippen molar-refractivity contribution < 1.29 is 4.79 Å². The minimum Gasteiger partial charge on any atom is -0.299 e. The third kappa shape index (κ3) is 3.81. The summed E-state index contributed by atoms with van der Waals surface area (Å²) in [5, 5.41) is 0. The first-order chi connectivity index (χ1) is 3.81. The number of allylic oxidation sites excluding steroid dienone is 3. The zero-order valence-electron chi connectivity index (χ0n) is 4.60. The zero-order chi connectivity index (χ0) is 6.41. The lowest BCUT2D eigenvalue weighted by atomic mass is 10.3. The summed E-state index contributed by atoms with van der Waals surface area (Å²) < 4.78 is 0. The molecule has 0 saturated heterocycles. The van der Waals surface area contributed by atoms with Gasteiger partial charge in [0.05, 0.1) is 0 Å². The molecule has 0 N–H and O–H groups in total. The SMILES string of the molecule is CC(/C=C/C=O)=C\Br. The summed E-state index contributed by atoms with van der Waals surface area (Å²) in [6, 6.07) is 0. The van der Waals surface area contributed by atoms with E-state index in [-0.39, 0.29) is 0 Å². The Kier molecular flexibility index (Phi) is 4.56. The molecule has 1 nitrogen and oxygen atoms in total. The summed E-state index contributed by atoms with van der Waals surface area (Å²) in [4.78, 5) is 11.5. The third-order valence-electron chi connectivity index (χ3n) is 0.610. The van der Waals surface area contributed by atoms with Crippen LogP contribution in [0.25, 0.3) is 0 Å². The fourth-order valence-corrected chi connectivity index (χ4v) is 0.380. The molecule has 44 valence electrons. The number of carbonyl (C=O) groups excluding carboxylic acids is 1. The molecule has 0 amide bonds. The molecule has 0 aliphatic heterocycles. The number of hydrogen-bond acceptors (Lipinski definition) is 1. The molecule has 0 fully saturated rings. The molecule has 0 atom stereocenters. The predicted molar refractivity (Wildman–Crippen MR) is 37.9 cm³/mol. The van der Waals surface area contributed by atoms with Gasteiger partial charge in [-0.05, 0) is 23.6 Å². The first-order valence-corrected chi connectivity index (χ1v) is 3.11. The number of rotatable bonds is 2. The maximum Gasteiger partial charge on any atom is 0.142 e. The van der Waals surface area contributed by atoms with Crippen molar-refractivity contribution in [1.82, 2.24) is 0 Å². The summed E-state index contributed by atoms with van der Waals surface area (Å²) in [5.74, 6) is 0. The van der Waals surface area contributed by atoms with Crippen molar-refractivity contribution in [3.63, 3.8) is 0 Å². The van der Waals surface area contributed by atoms with Gasteiger partial charge in [0.2, 0.25) is 0 Å². The van der Waals surface area contributed by atoms with Crippen LogP contribution in [0.4, 0.5) is 0 Å². The van der Waals surface area contributed by atoms with E-state index in [1.165, 1.54) is 6.08 Å². The van der Waals surface area contributed by atoms with E-state index in [2.05, 4.69) is 15.9 Å². The fraction of sp³-hybridized carbons (Fsp3) is 0.167. The molecule has 0 aliphatic carbocycles. The Bertz CT molecular complexity index is 124. The van der Waals surface area contributed by atoms with Crippen LogP contribution in [0.1, 0.15) is 6.92 Å². The summed E-state index contributed by atoms with van der Waals surface area (Å²) in [6.45, 7) is 1.90. The van der Waals surface area contributed by atoms with E-state index in [0.29, 0.717) is 0 Å². The Hall–Kier alpha value is -0.370. The fourth-order valence-electron chi connectivity index (χ4n) is 0.227. The van der Waals surface area contributed by atoms with Crippen molar-refractivity contribution in [3.05, 3.63) is 22.7 Å². The minimum atomic E-state index is 0.750. The highest BCUT2D eigenvalue weighted by atomic mass is 79.9. The first-order valence-electron chi connectivity index (χ1n) is 2.20. The Morgan fingerprint density at radius 3 is 2.62 bits per heavy atom. The van der Waals surface area contributed by atoms with Gasteiger partial charge in [-0.3, -0.25) is 4.79 Å². The highest BCUT2D eigenvalue weighted by molar-refractivity contribution is 9.11. The third-order valence-corrected chi connectivity index (χ3v) is 1.33.